The molecule has 2 saturated carbocycles. The molecule has 1 aromatic carbocycles. The number of hydrogen-bond donors (Lipinski definition) is 1. The van der Waals surface area contributed by atoms with Crippen LogP contribution in [0.5, 0.6) is 0 Å². The van der Waals surface area contributed by atoms with Gasteiger partial charge in [-0.1, -0.05) is 23.2 Å². The molecule has 0 amide bonds. The van der Waals surface area contributed by atoms with E-state index in [1.165, 1.54) is 19.3 Å². The maximum Gasteiger partial charge on any atom is 0.0439 e. The highest BCUT2D eigenvalue weighted by atomic mass is 35.5. The summed E-state index contributed by atoms with van der Waals surface area (Å²) in [5, 5.41) is 1.53. The molecule has 0 aromatic heterocycles. The van der Waals surface area contributed by atoms with E-state index in [0.717, 1.165) is 33.9 Å². The zero-order valence-corrected chi connectivity index (χ0v) is 11.2. The van der Waals surface area contributed by atoms with Crippen LogP contribution in [-0.2, 0) is 6.42 Å². The van der Waals surface area contributed by atoms with Crippen molar-refractivity contribution in [2.75, 3.05) is 0 Å². The van der Waals surface area contributed by atoms with Crippen LogP contribution in [0.4, 0.5) is 0 Å². The largest absolute Gasteiger partial charge is 0.327 e. The molecule has 2 aliphatic rings. The van der Waals surface area contributed by atoms with Gasteiger partial charge in [0.1, 0.15) is 0 Å². The van der Waals surface area contributed by atoms with Crippen molar-refractivity contribution in [3.05, 3.63) is 33.8 Å². The van der Waals surface area contributed by atoms with Crippen LogP contribution in [0.1, 0.15) is 24.8 Å². The fourth-order valence-corrected chi connectivity index (χ4v) is 3.62. The second-order valence-electron chi connectivity index (χ2n) is 5.59. The Labute approximate surface area is 112 Å². The van der Waals surface area contributed by atoms with Crippen LogP contribution in [0.2, 0.25) is 10.0 Å². The summed E-state index contributed by atoms with van der Waals surface area (Å²) in [6, 6.07) is 5.86. The molecule has 0 radical (unpaired) electrons. The molecule has 0 spiro atoms. The molecule has 0 heterocycles. The van der Waals surface area contributed by atoms with E-state index in [2.05, 4.69) is 0 Å². The van der Waals surface area contributed by atoms with Crippen LogP contribution in [0.15, 0.2) is 18.2 Å². The summed E-state index contributed by atoms with van der Waals surface area (Å²) in [7, 11) is 0. The van der Waals surface area contributed by atoms with E-state index in [-0.39, 0.29) is 6.04 Å². The van der Waals surface area contributed by atoms with Gasteiger partial charge >= 0.3 is 0 Å². The van der Waals surface area contributed by atoms with E-state index in [1.54, 1.807) is 0 Å². The predicted molar refractivity (Wildman–Crippen MR) is 72.5 cm³/mol. The lowest BCUT2D eigenvalue weighted by Gasteiger charge is -2.21. The first kappa shape index (κ1) is 11.8. The molecule has 0 saturated heterocycles. The molecular weight excluding hydrogens is 253 g/mol. The van der Waals surface area contributed by atoms with Crippen molar-refractivity contribution in [3.8, 4) is 0 Å². The van der Waals surface area contributed by atoms with Gasteiger partial charge in [0.05, 0.1) is 0 Å². The molecule has 1 nitrogen and oxygen atoms in total. The monoisotopic (exact) mass is 269 g/mol. The second kappa shape index (κ2) is 4.46. The summed E-state index contributed by atoms with van der Waals surface area (Å²) < 4.78 is 0. The molecule has 1 aromatic rings. The maximum absolute atomic E-state index is 6.31. The van der Waals surface area contributed by atoms with Gasteiger partial charge in [-0.25, -0.2) is 0 Å². The lowest BCUT2D eigenvalue weighted by Crippen LogP contribution is -2.31. The van der Waals surface area contributed by atoms with E-state index in [0.29, 0.717) is 5.92 Å². The number of fused-ring (bicyclic) bond motifs is 1. The molecule has 3 heteroatoms. The van der Waals surface area contributed by atoms with Crippen LogP contribution in [0.25, 0.3) is 0 Å². The molecule has 0 aliphatic heterocycles. The van der Waals surface area contributed by atoms with Crippen LogP contribution in [0.3, 0.4) is 0 Å². The molecule has 3 unspecified atom stereocenters. The third-order valence-corrected chi connectivity index (χ3v) is 4.95. The minimum atomic E-state index is 0.235. The summed E-state index contributed by atoms with van der Waals surface area (Å²) in [5.41, 5.74) is 7.40. The zero-order chi connectivity index (χ0) is 12.0. The first-order valence-corrected chi connectivity index (χ1v) is 7.08. The van der Waals surface area contributed by atoms with E-state index < -0.39 is 0 Å². The molecule has 3 atom stereocenters. The van der Waals surface area contributed by atoms with Crippen molar-refractivity contribution in [1.29, 1.82) is 0 Å². The molecular formula is C14H17Cl2N. The topological polar surface area (TPSA) is 26.0 Å². The first-order valence-electron chi connectivity index (χ1n) is 6.33. The van der Waals surface area contributed by atoms with Crippen molar-refractivity contribution < 1.29 is 0 Å². The lowest BCUT2D eigenvalue weighted by molar-refractivity contribution is 0.392. The number of benzene rings is 1. The highest BCUT2D eigenvalue weighted by Gasteiger charge is 2.47. The summed E-state index contributed by atoms with van der Waals surface area (Å²) in [5.74, 6) is 2.66. The van der Waals surface area contributed by atoms with Gasteiger partial charge in [-0.05, 0) is 67.2 Å². The zero-order valence-electron chi connectivity index (χ0n) is 9.70. The number of halogens is 2. The summed E-state index contributed by atoms with van der Waals surface area (Å²) in [6.45, 7) is 0. The Kier molecular flexibility index (Phi) is 3.10. The minimum absolute atomic E-state index is 0.235. The van der Waals surface area contributed by atoms with Gasteiger partial charge in [0.15, 0.2) is 0 Å². The highest BCUT2D eigenvalue weighted by Crippen LogP contribution is 2.55. The van der Waals surface area contributed by atoms with E-state index in [1.807, 2.05) is 18.2 Å². The Morgan fingerprint density at radius 3 is 2.59 bits per heavy atom. The molecule has 17 heavy (non-hydrogen) atoms. The van der Waals surface area contributed by atoms with Gasteiger partial charge in [0.2, 0.25) is 0 Å². The Morgan fingerprint density at radius 1 is 1.18 bits per heavy atom. The third kappa shape index (κ3) is 2.47. The molecule has 2 fully saturated rings. The van der Waals surface area contributed by atoms with Crippen molar-refractivity contribution in [1.82, 2.24) is 0 Å². The second-order valence-corrected chi connectivity index (χ2v) is 6.43. The molecule has 92 valence electrons. The summed E-state index contributed by atoms with van der Waals surface area (Å²) in [4.78, 5) is 0. The Morgan fingerprint density at radius 2 is 1.88 bits per heavy atom. The normalized spacial score (nSPS) is 32.3. The molecule has 2 N–H and O–H groups in total. The van der Waals surface area contributed by atoms with Crippen LogP contribution in [0, 0.1) is 17.8 Å². The third-order valence-electron chi connectivity index (χ3n) is 4.35. The number of rotatable bonds is 3. The lowest BCUT2D eigenvalue weighted by atomic mass is 9.90. The smallest absolute Gasteiger partial charge is 0.0439 e. The van der Waals surface area contributed by atoms with Gasteiger partial charge in [-0.15, -0.1) is 0 Å². The van der Waals surface area contributed by atoms with E-state index in [9.17, 15) is 0 Å². The average Bonchev–Trinajstić information content (AvgIpc) is 2.91. The van der Waals surface area contributed by atoms with Crippen LogP contribution >= 0.6 is 23.2 Å². The average molecular weight is 270 g/mol. The number of nitrogens with two attached hydrogens (primary N) is 1. The van der Waals surface area contributed by atoms with Gasteiger partial charge in [0, 0.05) is 16.1 Å². The first-order chi connectivity index (χ1) is 8.13. The molecule has 3 rings (SSSR count). The van der Waals surface area contributed by atoms with Gasteiger partial charge in [-0.2, -0.15) is 0 Å². The van der Waals surface area contributed by atoms with Crippen molar-refractivity contribution in [3.63, 3.8) is 0 Å². The van der Waals surface area contributed by atoms with Crippen LogP contribution in [-0.4, -0.2) is 6.04 Å². The number of hydrogen-bond acceptors (Lipinski definition) is 1. The predicted octanol–water partition coefficient (Wildman–Crippen LogP) is 3.91. The Bertz CT molecular complexity index is 422. The summed E-state index contributed by atoms with van der Waals surface area (Å²) >= 11 is 12.2. The van der Waals surface area contributed by atoms with Gasteiger partial charge < -0.3 is 5.73 Å². The Hall–Kier alpha value is -0.240. The van der Waals surface area contributed by atoms with Gasteiger partial charge in [0.25, 0.3) is 0 Å². The maximum atomic E-state index is 6.31. The van der Waals surface area contributed by atoms with Crippen molar-refractivity contribution >= 4 is 23.2 Å². The van der Waals surface area contributed by atoms with Crippen LogP contribution < -0.4 is 5.73 Å². The van der Waals surface area contributed by atoms with Crippen molar-refractivity contribution in [2.24, 2.45) is 23.5 Å². The Balaban J connectivity index is 1.67. The minimum Gasteiger partial charge on any atom is -0.327 e. The SMILES string of the molecule is NC(Cc1cc(Cl)ccc1Cl)C1CC2CC2C1. The fourth-order valence-electron chi connectivity index (χ4n) is 3.23. The fraction of sp³-hybridized carbons (Fsp3) is 0.571. The molecule has 2 aliphatic carbocycles. The quantitative estimate of drug-likeness (QED) is 0.885. The highest BCUT2D eigenvalue weighted by molar-refractivity contribution is 6.33. The standard InChI is InChI=1S/C14H17Cl2N/c15-12-1-2-13(16)10(6-12)7-14(17)11-4-8-3-9(8)5-11/h1-2,6,8-9,11,14H,3-5,7,17H2. The molecule has 0 bridgehead atoms. The van der Waals surface area contributed by atoms with Crippen molar-refractivity contribution in [2.45, 2.75) is 31.7 Å². The van der Waals surface area contributed by atoms with Gasteiger partial charge in [-0.3, -0.25) is 0 Å². The summed E-state index contributed by atoms with van der Waals surface area (Å²) in [6.07, 6.45) is 4.94. The van der Waals surface area contributed by atoms with E-state index >= 15 is 0 Å². The van der Waals surface area contributed by atoms with E-state index in [4.69, 9.17) is 28.9 Å².